The summed E-state index contributed by atoms with van der Waals surface area (Å²) in [4.78, 5) is 15.3. The minimum Gasteiger partial charge on any atom is -0.378 e. The molecule has 0 saturated heterocycles. The molecule has 0 spiro atoms. The van der Waals surface area contributed by atoms with Crippen molar-refractivity contribution in [1.29, 1.82) is 0 Å². The van der Waals surface area contributed by atoms with E-state index in [0.29, 0.717) is 6.54 Å². The van der Waals surface area contributed by atoms with E-state index in [2.05, 4.69) is 15.4 Å². The maximum atomic E-state index is 10.8. The van der Waals surface area contributed by atoms with E-state index in [9.17, 15) is 4.79 Å². The molecule has 0 unspecified atom stereocenters. The standard InChI is InChI=1S/C15H15N5O/c16-14(21)10-20-9-13(8-19-20)18-7-12-4-1-3-11-5-2-6-17-15(11)12/h1-6,8-9,18H,7,10H2,(H2,16,21). The minimum atomic E-state index is -0.414. The average Bonchev–Trinajstić information content (AvgIpc) is 2.92. The van der Waals surface area contributed by atoms with Gasteiger partial charge in [0.25, 0.3) is 0 Å². The van der Waals surface area contributed by atoms with Crippen molar-refractivity contribution in [2.24, 2.45) is 5.73 Å². The Hall–Kier alpha value is -2.89. The molecule has 3 N–H and O–H groups in total. The highest BCUT2D eigenvalue weighted by molar-refractivity contribution is 5.81. The molecule has 0 aliphatic carbocycles. The van der Waals surface area contributed by atoms with Crippen LogP contribution in [0.5, 0.6) is 0 Å². The van der Waals surface area contributed by atoms with Gasteiger partial charge >= 0.3 is 0 Å². The minimum absolute atomic E-state index is 0.0809. The van der Waals surface area contributed by atoms with E-state index in [1.54, 1.807) is 18.6 Å². The van der Waals surface area contributed by atoms with E-state index in [4.69, 9.17) is 5.73 Å². The molecular formula is C15H15N5O. The summed E-state index contributed by atoms with van der Waals surface area (Å²) in [6.07, 6.45) is 5.21. The molecule has 0 saturated carbocycles. The summed E-state index contributed by atoms with van der Waals surface area (Å²) in [7, 11) is 0. The van der Waals surface area contributed by atoms with Gasteiger partial charge in [-0.2, -0.15) is 5.10 Å². The number of carbonyl (C=O) groups is 1. The van der Waals surface area contributed by atoms with Crippen LogP contribution in [0.4, 0.5) is 5.69 Å². The Bertz CT molecular complexity index is 775. The molecule has 0 fully saturated rings. The summed E-state index contributed by atoms with van der Waals surface area (Å²) in [5.41, 5.74) is 8.06. The summed E-state index contributed by atoms with van der Waals surface area (Å²) in [6.45, 7) is 0.716. The number of nitrogens with two attached hydrogens (primary N) is 1. The maximum absolute atomic E-state index is 10.8. The highest BCUT2D eigenvalue weighted by Crippen LogP contribution is 2.17. The summed E-state index contributed by atoms with van der Waals surface area (Å²) in [6, 6.07) is 10.1. The van der Waals surface area contributed by atoms with Gasteiger partial charge in [0.15, 0.2) is 0 Å². The van der Waals surface area contributed by atoms with Crippen molar-refractivity contribution in [2.75, 3.05) is 5.32 Å². The van der Waals surface area contributed by atoms with Crippen LogP contribution in [0, 0.1) is 0 Å². The van der Waals surface area contributed by atoms with Gasteiger partial charge in [0.2, 0.25) is 5.91 Å². The Morgan fingerprint density at radius 2 is 2.14 bits per heavy atom. The third-order valence-corrected chi connectivity index (χ3v) is 3.15. The second-order valence-corrected chi connectivity index (χ2v) is 4.74. The number of nitrogens with zero attached hydrogens (tertiary/aromatic N) is 3. The third-order valence-electron chi connectivity index (χ3n) is 3.15. The van der Waals surface area contributed by atoms with Crippen molar-refractivity contribution in [3.63, 3.8) is 0 Å². The predicted molar refractivity (Wildman–Crippen MR) is 80.5 cm³/mol. The van der Waals surface area contributed by atoms with Gasteiger partial charge in [0.05, 0.1) is 17.4 Å². The molecule has 1 amide bonds. The van der Waals surface area contributed by atoms with E-state index in [1.807, 2.05) is 30.3 Å². The number of pyridine rings is 1. The lowest BCUT2D eigenvalue weighted by Gasteiger charge is -2.06. The van der Waals surface area contributed by atoms with Crippen LogP contribution in [-0.4, -0.2) is 20.7 Å². The maximum Gasteiger partial charge on any atom is 0.239 e. The number of rotatable bonds is 5. The molecule has 2 aromatic heterocycles. The number of primary amides is 1. The highest BCUT2D eigenvalue weighted by atomic mass is 16.1. The largest absolute Gasteiger partial charge is 0.378 e. The van der Waals surface area contributed by atoms with Crippen molar-refractivity contribution in [3.05, 3.63) is 54.5 Å². The molecule has 0 aliphatic heterocycles. The lowest BCUT2D eigenvalue weighted by Crippen LogP contribution is -2.18. The Balaban J connectivity index is 1.74. The zero-order chi connectivity index (χ0) is 14.7. The quantitative estimate of drug-likeness (QED) is 0.742. The lowest BCUT2D eigenvalue weighted by molar-refractivity contribution is -0.118. The molecule has 6 nitrogen and oxygen atoms in total. The van der Waals surface area contributed by atoms with Crippen LogP contribution < -0.4 is 11.1 Å². The number of anilines is 1. The fourth-order valence-electron chi connectivity index (χ4n) is 2.21. The number of benzene rings is 1. The van der Waals surface area contributed by atoms with E-state index in [-0.39, 0.29) is 6.54 Å². The first kappa shape index (κ1) is 13.1. The van der Waals surface area contributed by atoms with E-state index in [0.717, 1.165) is 22.2 Å². The molecule has 6 heteroatoms. The first-order chi connectivity index (χ1) is 10.2. The molecule has 1 aromatic carbocycles. The summed E-state index contributed by atoms with van der Waals surface area (Å²) >= 11 is 0. The summed E-state index contributed by atoms with van der Waals surface area (Å²) in [5, 5.41) is 8.45. The van der Waals surface area contributed by atoms with Crippen molar-refractivity contribution in [2.45, 2.75) is 13.1 Å². The van der Waals surface area contributed by atoms with E-state index < -0.39 is 5.91 Å². The first-order valence-electron chi connectivity index (χ1n) is 6.59. The molecule has 0 atom stereocenters. The lowest BCUT2D eigenvalue weighted by atomic mass is 10.1. The smallest absolute Gasteiger partial charge is 0.239 e. The Kier molecular flexibility index (Phi) is 3.51. The topological polar surface area (TPSA) is 85.8 Å². The fourth-order valence-corrected chi connectivity index (χ4v) is 2.21. The van der Waals surface area contributed by atoms with Gasteiger partial charge in [-0.15, -0.1) is 0 Å². The number of hydrogen-bond donors (Lipinski definition) is 2. The summed E-state index contributed by atoms with van der Waals surface area (Å²) in [5.74, 6) is -0.414. The fraction of sp³-hybridized carbons (Fsp3) is 0.133. The number of amides is 1. The van der Waals surface area contributed by atoms with Crippen molar-refractivity contribution in [1.82, 2.24) is 14.8 Å². The zero-order valence-electron chi connectivity index (χ0n) is 11.4. The number of fused-ring (bicyclic) bond motifs is 1. The molecule has 106 valence electrons. The Morgan fingerprint density at radius 3 is 3.00 bits per heavy atom. The zero-order valence-corrected chi connectivity index (χ0v) is 11.4. The molecule has 0 radical (unpaired) electrons. The van der Waals surface area contributed by atoms with Crippen molar-refractivity contribution in [3.8, 4) is 0 Å². The molecule has 3 aromatic rings. The Morgan fingerprint density at radius 1 is 1.29 bits per heavy atom. The van der Waals surface area contributed by atoms with Crippen LogP contribution in [0.1, 0.15) is 5.56 Å². The Labute approximate surface area is 121 Å². The summed E-state index contributed by atoms with van der Waals surface area (Å²) < 4.78 is 1.51. The van der Waals surface area contributed by atoms with Crippen LogP contribution in [0.15, 0.2) is 48.9 Å². The SMILES string of the molecule is NC(=O)Cn1cc(NCc2cccc3cccnc23)cn1. The van der Waals surface area contributed by atoms with Crippen LogP contribution >= 0.6 is 0 Å². The van der Waals surface area contributed by atoms with Gasteiger partial charge in [-0.25, -0.2) is 0 Å². The predicted octanol–water partition coefficient (Wildman–Crippen LogP) is 1.53. The van der Waals surface area contributed by atoms with E-state index in [1.165, 1.54) is 4.68 Å². The van der Waals surface area contributed by atoms with Gasteiger partial charge in [-0.3, -0.25) is 14.5 Å². The number of carbonyl (C=O) groups excluding carboxylic acids is 1. The van der Waals surface area contributed by atoms with E-state index >= 15 is 0 Å². The monoisotopic (exact) mass is 281 g/mol. The van der Waals surface area contributed by atoms with Gasteiger partial charge < -0.3 is 11.1 Å². The van der Waals surface area contributed by atoms with Crippen LogP contribution in [0.25, 0.3) is 10.9 Å². The van der Waals surface area contributed by atoms with Crippen molar-refractivity contribution >= 4 is 22.5 Å². The molecule has 2 heterocycles. The number of hydrogen-bond acceptors (Lipinski definition) is 4. The third kappa shape index (κ3) is 3.00. The van der Waals surface area contributed by atoms with Crippen LogP contribution in [-0.2, 0) is 17.9 Å². The second kappa shape index (κ2) is 5.62. The molecule has 0 aliphatic rings. The van der Waals surface area contributed by atoms with Crippen LogP contribution in [0.3, 0.4) is 0 Å². The molecule has 0 bridgehead atoms. The highest BCUT2D eigenvalue weighted by Gasteiger charge is 2.04. The molecule has 3 rings (SSSR count). The number of para-hydroxylation sites is 1. The van der Waals surface area contributed by atoms with Crippen LogP contribution in [0.2, 0.25) is 0 Å². The van der Waals surface area contributed by atoms with Crippen molar-refractivity contribution < 1.29 is 4.79 Å². The van der Waals surface area contributed by atoms with Gasteiger partial charge in [0, 0.05) is 24.3 Å². The van der Waals surface area contributed by atoms with Gasteiger partial charge in [0.1, 0.15) is 6.54 Å². The average molecular weight is 281 g/mol. The normalized spacial score (nSPS) is 10.7. The number of aromatic nitrogens is 3. The molecule has 21 heavy (non-hydrogen) atoms. The van der Waals surface area contributed by atoms with Gasteiger partial charge in [-0.05, 0) is 11.6 Å². The van der Waals surface area contributed by atoms with Gasteiger partial charge in [-0.1, -0.05) is 24.3 Å². The number of nitrogens with one attached hydrogen (secondary N) is 1. The molecular weight excluding hydrogens is 266 g/mol. The second-order valence-electron chi connectivity index (χ2n) is 4.74. The first-order valence-corrected chi connectivity index (χ1v) is 6.59.